The van der Waals surface area contributed by atoms with Crippen LogP contribution in [0.5, 0.6) is 0 Å². The molecule has 1 heterocycles. The van der Waals surface area contributed by atoms with Crippen LogP contribution < -0.4 is 5.32 Å². The summed E-state index contributed by atoms with van der Waals surface area (Å²) >= 11 is 0. The summed E-state index contributed by atoms with van der Waals surface area (Å²) in [5, 5.41) is 2.38. The van der Waals surface area contributed by atoms with Crippen molar-refractivity contribution >= 4 is 6.09 Å². The molecule has 4 heteroatoms. The average molecular weight is 169 g/mol. The fourth-order valence-corrected chi connectivity index (χ4v) is 0.925. The van der Waals surface area contributed by atoms with Crippen molar-refractivity contribution < 1.29 is 14.3 Å². The molecule has 0 saturated carbocycles. The van der Waals surface area contributed by atoms with Crippen molar-refractivity contribution in [3.63, 3.8) is 0 Å². The Hall–Kier alpha value is -1.21. The molecule has 0 radical (unpaired) electrons. The van der Waals surface area contributed by atoms with E-state index in [1.807, 2.05) is 0 Å². The highest BCUT2D eigenvalue weighted by Crippen LogP contribution is 2.12. The first-order valence-corrected chi connectivity index (χ1v) is 3.82. The van der Waals surface area contributed by atoms with Gasteiger partial charge in [0.1, 0.15) is 0 Å². The number of hydrogen-bond acceptors (Lipinski definition) is 3. The Morgan fingerprint density at radius 1 is 1.83 bits per heavy atom. The second-order valence-electron chi connectivity index (χ2n) is 2.41. The van der Waals surface area contributed by atoms with Crippen LogP contribution in [-0.4, -0.2) is 25.5 Å². The molecule has 0 spiro atoms. The average Bonchev–Trinajstić information content (AvgIpc) is 2.53. The van der Waals surface area contributed by atoms with Gasteiger partial charge in [0.05, 0.1) is 13.2 Å². The van der Waals surface area contributed by atoms with Gasteiger partial charge in [0.25, 0.3) is 0 Å². The number of carbonyl (C=O) groups excluding carboxylic acids is 1. The highest BCUT2D eigenvalue weighted by Gasteiger charge is 2.18. The number of nitrogens with one attached hydrogen (secondary N) is 1. The zero-order chi connectivity index (χ0) is 8.81. The molecule has 0 aromatic carbocycles. The minimum absolute atomic E-state index is 0.186. The molecular formula is C8H11NO3. The van der Waals surface area contributed by atoms with E-state index in [1.165, 1.54) is 0 Å². The van der Waals surface area contributed by atoms with E-state index in [0.29, 0.717) is 6.61 Å². The van der Waals surface area contributed by atoms with Gasteiger partial charge >= 0.3 is 6.09 Å². The fraction of sp³-hybridized carbons (Fsp3) is 0.625. The third-order valence-corrected chi connectivity index (χ3v) is 1.46. The Kier molecular flexibility index (Phi) is 3.42. The quantitative estimate of drug-likeness (QED) is 0.612. The molecular weight excluding hydrogens is 158 g/mol. The first-order chi connectivity index (χ1) is 5.83. The van der Waals surface area contributed by atoms with Crippen molar-refractivity contribution in [2.24, 2.45) is 0 Å². The smallest absolute Gasteiger partial charge is 0.410 e. The Balaban J connectivity index is 2.13. The summed E-state index contributed by atoms with van der Waals surface area (Å²) < 4.78 is 9.91. The van der Waals surface area contributed by atoms with Crippen molar-refractivity contribution in [1.29, 1.82) is 0 Å². The van der Waals surface area contributed by atoms with E-state index in [4.69, 9.17) is 15.9 Å². The highest BCUT2D eigenvalue weighted by molar-refractivity contribution is 5.67. The molecule has 1 N–H and O–H groups in total. The van der Waals surface area contributed by atoms with Gasteiger partial charge in [0.2, 0.25) is 6.29 Å². The zero-order valence-electron chi connectivity index (χ0n) is 6.71. The van der Waals surface area contributed by atoms with Crippen LogP contribution in [0.1, 0.15) is 12.8 Å². The van der Waals surface area contributed by atoms with Gasteiger partial charge in [0.15, 0.2) is 0 Å². The highest BCUT2D eigenvalue weighted by atomic mass is 16.7. The van der Waals surface area contributed by atoms with Crippen LogP contribution >= 0.6 is 0 Å². The summed E-state index contributed by atoms with van der Waals surface area (Å²) in [6.45, 7) is 0.846. The second-order valence-corrected chi connectivity index (χ2v) is 2.41. The van der Waals surface area contributed by atoms with E-state index in [-0.39, 0.29) is 12.8 Å². The molecule has 1 aliphatic heterocycles. The Morgan fingerprint density at radius 2 is 2.67 bits per heavy atom. The molecule has 1 atom stereocenters. The summed E-state index contributed by atoms with van der Waals surface area (Å²) in [7, 11) is 0. The normalized spacial score (nSPS) is 21.4. The van der Waals surface area contributed by atoms with E-state index in [2.05, 4.69) is 11.2 Å². The molecule has 1 rings (SSSR count). The number of hydrogen-bond donors (Lipinski definition) is 1. The van der Waals surface area contributed by atoms with Gasteiger partial charge in [-0.15, -0.1) is 6.42 Å². The number of carbonyl (C=O) groups is 1. The van der Waals surface area contributed by atoms with Gasteiger partial charge in [-0.3, -0.25) is 0 Å². The lowest BCUT2D eigenvalue weighted by atomic mass is 10.4. The van der Waals surface area contributed by atoms with E-state index in [1.54, 1.807) is 0 Å². The Bertz CT molecular complexity index is 191. The minimum atomic E-state index is -0.514. The molecule has 1 saturated heterocycles. The summed E-state index contributed by atoms with van der Waals surface area (Å²) in [6, 6.07) is 0. The predicted octanol–water partition coefficient (Wildman–Crippen LogP) is 0.482. The topological polar surface area (TPSA) is 47.6 Å². The van der Waals surface area contributed by atoms with Crippen LogP contribution in [0.4, 0.5) is 4.79 Å². The lowest BCUT2D eigenvalue weighted by Crippen LogP contribution is -2.28. The first kappa shape index (κ1) is 8.88. The largest absolute Gasteiger partial charge is 0.420 e. The Morgan fingerprint density at radius 3 is 3.25 bits per heavy atom. The molecule has 1 fully saturated rings. The first-order valence-electron chi connectivity index (χ1n) is 3.82. The van der Waals surface area contributed by atoms with Gasteiger partial charge in [0, 0.05) is 6.42 Å². The zero-order valence-corrected chi connectivity index (χ0v) is 6.71. The van der Waals surface area contributed by atoms with Gasteiger partial charge < -0.3 is 14.8 Å². The number of amides is 1. The van der Waals surface area contributed by atoms with Crippen molar-refractivity contribution in [2.75, 3.05) is 13.2 Å². The lowest BCUT2D eigenvalue weighted by Gasteiger charge is -2.10. The maximum atomic E-state index is 10.8. The van der Waals surface area contributed by atoms with E-state index in [9.17, 15) is 4.79 Å². The summed E-state index contributed by atoms with van der Waals surface area (Å²) in [5.74, 6) is 2.27. The standard InChI is InChI=1S/C8H11NO3/c1-2-5-9-8(10)12-7-4-3-6-11-7/h1,7H,3-6H2,(H,9,10)/t7-/m1/s1. The number of alkyl carbamates (subject to hydrolysis) is 1. The molecule has 0 unspecified atom stereocenters. The van der Waals surface area contributed by atoms with Gasteiger partial charge in [-0.05, 0) is 6.42 Å². The maximum Gasteiger partial charge on any atom is 0.410 e. The monoisotopic (exact) mass is 169 g/mol. The summed E-state index contributed by atoms with van der Waals surface area (Å²) in [5.41, 5.74) is 0. The third-order valence-electron chi connectivity index (χ3n) is 1.46. The van der Waals surface area contributed by atoms with Gasteiger partial charge in [-0.2, -0.15) is 0 Å². The van der Waals surface area contributed by atoms with Gasteiger partial charge in [-0.1, -0.05) is 5.92 Å². The second kappa shape index (κ2) is 4.62. The molecule has 1 amide bonds. The van der Waals surface area contributed by atoms with Crippen molar-refractivity contribution in [3.05, 3.63) is 0 Å². The van der Waals surface area contributed by atoms with Crippen LogP contribution in [0.2, 0.25) is 0 Å². The van der Waals surface area contributed by atoms with Gasteiger partial charge in [-0.25, -0.2) is 4.79 Å². The maximum absolute atomic E-state index is 10.8. The molecule has 66 valence electrons. The van der Waals surface area contributed by atoms with Crippen LogP contribution in [0, 0.1) is 12.3 Å². The van der Waals surface area contributed by atoms with Crippen LogP contribution in [-0.2, 0) is 9.47 Å². The SMILES string of the molecule is C#CCNC(=O)O[C@@H]1CCCO1. The van der Waals surface area contributed by atoms with E-state index < -0.39 is 6.09 Å². The fourth-order valence-electron chi connectivity index (χ4n) is 0.925. The van der Waals surface area contributed by atoms with Crippen molar-refractivity contribution in [1.82, 2.24) is 5.32 Å². The lowest BCUT2D eigenvalue weighted by molar-refractivity contribution is -0.0675. The van der Waals surface area contributed by atoms with Crippen molar-refractivity contribution in [2.45, 2.75) is 19.1 Å². The number of ether oxygens (including phenoxy) is 2. The number of rotatable bonds is 2. The molecule has 4 nitrogen and oxygen atoms in total. The summed E-state index contributed by atoms with van der Waals surface area (Å²) in [4.78, 5) is 10.8. The predicted molar refractivity (Wildman–Crippen MR) is 42.3 cm³/mol. The molecule has 0 aromatic heterocycles. The molecule has 0 aliphatic carbocycles. The molecule has 1 aliphatic rings. The number of terminal acetylenes is 1. The molecule has 0 bridgehead atoms. The minimum Gasteiger partial charge on any atom is -0.420 e. The van der Waals surface area contributed by atoms with Crippen LogP contribution in [0.25, 0.3) is 0 Å². The molecule has 0 aromatic rings. The van der Waals surface area contributed by atoms with Crippen LogP contribution in [0.3, 0.4) is 0 Å². The van der Waals surface area contributed by atoms with Crippen LogP contribution in [0.15, 0.2) is 0 Å². The Labute approximate surface area is 71.2 Å². The van der Waals surface area contributed by atoms with E-state index >= 15 is 0 Å². The molecule has 12 heavy (non-hydrogen) atoms. The van der Waals surface area contributed by atoms with E-state index in [0.717, 1.165) is 12.8 Å². The third kappa shape index (κ3) is 2.81. The van der Waals surface area contributed by atoms with Crippen molar-refractivity contribution in [3.8, 4) is 12.3 Å². The summed E-state index contributed by atoms with van der Waals surface area (Å²) in [6.07, 6.45) is 5.74.